The van der Waals surface area contributed by atoms with E-state index in [0.717, 1.165) is 11.0 Å². The topological polar surface area (TPSA) is 85.8 Å². The van der Waals surface area contributed by atoms with Crippen LogP contribution in [0, 0.1) is 0 Å². The predicted octanol–water partition coefficient (Wildman–Crippen LogP) is 2.42. The standard InChI is InChI=1S/C12H14BrN5O.2ClH/c1-2-18-7-16-17-11(18)6-15-12(19)9-4-3-8(13)5-10(9)14;;/h3-5,7H,2,6,14H2,1H3,(H,15,19);2*1H. The van der Waals surface area contributed by atoms with Crippen molar-refractivity contribution in [2.75, 3.05) is 5.73 Å². The van der Waals surface area contributed by atoms with Gasteiger partial charge in [0.15, 0.2) is 5.82 Å². The molecule has 0 atom stereocenters. The van der Waals surface area contributed by atoms with Gasteiger partial charge >= 0.3 is 0 Å². The minimum atomic E-state index is -0.226. The number of nitrogens with two attached hydrogens (primary N) is 1. The number of aryl methyl sites for hydroxylation is 1. The number of carbonyl (C=O) groups is 1. The Balaban J connectivity index is 0.00000200. The van der Waals surface area contributed by atoms with Crippen LogP contribution in [0.3, 0.4) is 0 Å². The van der Waals surface area contributed by atoms with Crippen molar-refractivity contribution in [2.24, 2.45) is 0 Å². The Morgan fingerprint density at radius 2 is 2.14 bits per heavy atom. The van der Waals surface area contributed by atoms with Crippen molar-refractivity contribution >= 4 is 52.3 Å². The van der Waals surface area contributed by atoms with Gasteiger partial charge in [0, 0.05) is 16.7 Å². The number of carbonyl (C=O) groups excluding carboxylic acids is 1. The van der Waals surface area contributed by atoms with Crippen LogP contribution in [-0.2, 0) is 13.1 Å². The van der Waals surface area contributed by atoms with Crippen LogP contribution in [0.5, 0.6) is 0 Å². The van der Waals surface area contributed by atoms with Gasteiger partial charge in [-0.3, -0.25) is 4.79 Å². The van der Waals surface area contributed by atoms with Gasteiger partial charge in [0.05, 0.1) is 12.1 Å². The summed E-state index contributed by atoms with van der Waals surface area (Å²) in [6.07, 6.45) is 1.63. The summed E-state index contributed by atoms with van der Waals surface area (Å²) in [4.78, 5) is 12.0. The van der Waals surface area contributed by atoms with Gasteiger partial charge in [0.25, 0.3) is 5.91 Å². The van der Waals surface area contributed by atoms with E-state index in [1.165, 1.54) is 0 Å². The molecule has 0 aliphatic rings. The maximum absolute atomic E-state index is 12.0. The molecule has 1 aromatic carbocycles. The Morgan fingerprint density at radius 3 is 2.76 bits per heavy atom. The first-order valence-electron chi connectivity index (χ1n) is 5.81. The van der Waals surface area contributed by atoms with Gasteiger partial charge < -0.3 is 15.6 Å². The SMILES string of the molecule is CCn1cnnc1CNC(=O)c1ccc(Br)cc1N.Cl.Cl. The molecule has 0 aliphatic heterocycles. The van der Waals surface area contributed by atoms with Gasteiger partial charge in [-0.15, -0.1) is 35.0 Å². The third-order valence-corrected chi connectivity index (χ3v) is 3.19. The highest BCUT2D eigenvalue weighted by Crippen LogP contribution is 2.18. The van der Waals surface area contributed by atoms with Crippen molar-refractivity contribution in [3.8, 4) is 0 Å². The average molecular weight is 397 g/mol. The molecule has 3 N–H and O–H groups in total. The second-order valence-electron chi connectivity index (χ2n) is 3.95. The van der Waals surface area contributed by atoms with Crippen molar-refractivity contribution in [1.29, 1.82) is 0 Å². The van der Waals surface area contributed by atoms with Crippen LogP contribution in [-0.4, -0.2) is 20.7 Å². The first-order valence-corrected chi connectivity index (χ1v) is 6.61. The summed E-state index contributed by atoms with van der Waals surface area (Å²) in [6, 6.07) is 5.16. The van der Waals surface area contributed by atoms with Crippen molar-refractivity contribution in [2.45, 2.75) is 20.0 Å². The smallest absolute Gasteiger partial charge is 0.253 e. The minimum absolute atomic E-state index is 0. The molecule has 0 unspecified atom stereocenters. The third kappa shape index (κ3) is 4.87. The van der Waals surface area contributed by atoms with Gasteiger partial charge in [-0.25, -0.2) is 0 Å². The van der Waals surface area contributed by atoms with E-state index in [1.54, 1.807) is 24.5 Å². The lowest BCUT2D eigenvalue weighted by Crippen LogP contribution is -2.25. The average Bonchev–Trinajstić information content (AvgIpc) is 2.83. The lowest BCUT2D eigenvalue weighted by atomic mass is 10.1. The normalized spacial score (nSPS) is 9.43. The molecule has 0 radical (unpaired) electrons. The summed E-state index contributed by atoms with van der Waals surface area (Å²) in [5.41, 5.74) is 6.69. The molecule has 0 aliphatic carbocycles. The zero-order chi connectivity index (χ0) is 13.8. The quantitative estimate of drug-likeness (QED) is 0.777. The summed E-state index contributed by atoms with van der Waals surface area (Å²) in [6.45, 7) is 3.07. The van der Waals surface area contributed by atoms with Gasteiger partial charge in [-0.05, 0) is 25.1 Å². The summed E-state index contributed by atoms with van der Waals surface area (Å²) in [7, 11) is 0. The molecule has 0 saturated heterocycles. The van der Waals surface area contributed by atoms with Crippen LogP contribution in [0.15, 0.2) is 29.0 Å². The van der Waals surface area contributed by atoms with Gasteiger partial charge in [0.1, 0.15) is 6.33 Å². The second kappa shape index (κ2) is 8.86. The number of amides is 1. The second-order valence-corrected chi connectivity index (χ2v) is 4.86. The lowest BCUT2D eigenvalue weighted by Gasteiger charge is -2.08. The highest BCUT2D eigenvalue weighted by molar-refractivity contribution is 9.10. The van der Waals surface area contributed by atoms with Crippen molar-refractivity contribution < 1.29 is 4.79 Å². The molecule has 9 heteroatoms. The van der Waals surface area contributed by atoms with E-state index in [2.05, 4.69) is 31.4 Å². The molecule has 6 nitrogen and oxygen atoms in total. The van der Waals surface area contributed by atoms with E-state index in [9.17, 15) is 4.79 Å². The van der Waals surface area contributed by atoms with Crippen molar-refractivity contribution in [1.82, 2.24) is 20.1 Å². The monoisotopic (exact) mass is 395 g/mol. The number of hydrogen-bond acceptors (Lipinski definition) is 4. The minimum Gasteiger partial charge on any atom is -0.398 e. The van der Waals surface area contributed by atoms with E-state index in [4.69, 9.17) is 5.73 Å². The Morgan fingerprint density at radius 1 is 1.43 bits per heavy atom. The molecular weight excluding hydrogens is 381 g/mol. The van der Waals surface area contributed by atoms with E-state index in [0.29, 0.717) is 23.6 Å². The predicted molar refractivity (Wildman–Crippen MR) is 89.9 cm³/mol. The highest BCUT2D eigenvalue weighted by atomic mass is 79.9. The molecule has 116 valence electrons. The van der Waals surface area contributed by atoms with E-state index in [-0.39, 0.29) is 30.7 Å². The van der Waals surface area contributed by atoms with Crippen LogP contribution >= 0.6 is 40.7 Å². The maximum Gasteiger partial charge on any atom is 0.253 e. The van der Waals surface area contributed by atoms with E-state index < -0.39 is 0 Å². The molecule has 0 bridgehead atoms. The van der Waals surface area contributed by atoms with E-state index >= 15 is 0 Å². The van der Waals surface area contributed by atoms with Crippen LogP contribution in [0.1, 0.15) is 23.1 Å². The molecule has 0 fully saturated rings. The Kier molecular flexibility index (Phi) is 8.31. The van der Waals surface area contributed by atoms with E-state index in [1.807, 2.05) is 11.5 Å². The lowest BCUT2D eigenvalue weighted by molar-refractivity contribution is 0.0950. The largest absolute Gasteiger partial charge is 0.398 e. The van der Waals surface area contributed by atoms with Crippen LogP contribution < -0.4 is 11.1 Å². The van der Waals surface area contributed by atoms with Gasteiger partial charge in [-0.2, -0.15) is 0 Å². The highest BCUT2D eigenvalue weighted by Gasteiger charge is 2.11. The summed E-state index contributed by atoms with van der Waals surface area (Å²) in [5.74, 6) is 0.488. The first-order chi connectivity index (χ1) is 9.11. The molecule has 1 amide bonds. The summed E-state index contributed by atoms with van der Waals surface area (Å²) in [5, 5.41) is 10.5. The zero-order valence-electron chi connectivity index (χ0n) is 11.2. The number of aromatic nitrogens is 3. The molecule has 2 aromatic rings. The molecule has 1 heterocycles. The Hall–Kier alpha value is -1.31. The van der Waals surface area contributed by atoms with Crippen molar-refractivity contribution in [3.63, 3.8) is 0 Å². The number of nitrogens with zero attached hydrogens (tertiary/aromatic N) is 3. The molecule has 1 aromatic heterocycles. The molecule has 2 rings (SSSR count). The first kappa shape index (κ1) is 19.7. The molecule has 0 spiro atoms. The number of hydrogen-bond donors (Lipinski definition) is 2. The number of anilines is 1. The van der Waals surface area contributed by atoms with Crippen LogP contribution in [0.4, 0.5) is 5.69 Å². The number of nitrogens with one attached hydrogen (secondary N) is 1. The van der Waals surface area contributed by atoms with Crippen molar-refractivity contribution in [3.05, 3.63) is 40.4 Å². The van der Waals surface area contributed by atoms with Gasteiger partial charge in [0.2, 0.25) is 0 Å². The number of halogens is 3. The maximum atomic E-state index is 12.0. The molecular formula is C12H16BrCl2N5O. The Bertz CT molecular complexity index is 605. The third-order valence-electron chi connectivity index (χ3n) is 2.70. The molecule has 21 heavy (non-hydrogen) atoms. The number of nitrogen functional groups attached to an aromatic ring is 1. The molecule has 0 saturated carbocycles. The summed E-state index contributed by atoms with van der Waals surface area (Å²) >= 11 is 3.30. The fourth-order valence-electron chi connectivity index (χ4n) is 1.67. The Labute approximate surface area is 143 Å². The zero-order valence-corrected chi connectivity index (χ0v) is 14.5. The summed E-state index contributed by atoms with van der Waals surface area (Å²) < 4.78 is 2.71. The number of benzene rings is 1. The number of rotatable bonds is 4. The van der Waals surface area contributed by atoms with Gasteiger partial charge in [-0.1, -0.05) is 15.9 Å². The fraction of sp³-hybridized carbons (Fsp3) is 0.250. The van der Waals surface area contributed by atoms with Crippen LogP contribution in [0.2, 0.25) is 0 Å². The fourth-order valence-corrected chi connectivity index (χ4v) is 2.05. The van der Waals surface area contributed by atoms with Crippen LogP contribution in [0.25, 0.3) is 0 Å².